The lowest BCUT2D eigenvalue weighted by atomic mass is 10.0. The molecule has 0 fully saturated rings. The Morgan fingerprint density at radius 1 is 0.788 bits per heavy atom. The van der Waals surface area contributed by atoms with Crippen LogP contribution in [-0.2, 0) is 0 Å². The largest absolute Gasteiger partial charge is 0.289 e. The minimum absolute atomic E-state index is 0.274. The van der Waals surface area contributed by atoms with Gasteiger partial charge in [-0.1, -0.05) is 148 Å². The predicted octanol–water partition coefficient (Wildman–Crippen LogP) is 8.41. The van der Waals surface area contributed by atoms with Gasteiger partial charge in [0.15, 0.2) is 5.78 Å². The first-order chi connectivity index (χ1) is 15.5. The summed E-state index contributed by atoms with van der Waals surface area (Å²) >= 11 is 0. The number of hydrogen-bond acceptors (Lipinski definition) is 1. The van der Waals surface area contributed by atoms with Crippen molar-refractivity contribution in [1.82, 2.24) is 0 Å². The summed E-state index contributed by atoms with van der Waals surface area (Å²) < 4.78 is 0. The molecule has 0 saturated carbocycles. The molecule has 0 bridgehead atoms. The van der Waals surface area contributed by atoms with Crippen molar-refractivity contribution in [3.63, 3.8) is 0 Å². The van der Waals surface area contributed by atoms with Gasteiger partial charge in [-0.15, -0.1) is 0 Å². The maximum atomic E-state index is 13.8. The van der Waals surface area contributed by atoms with Gasteiger partial charge in [0.05, 0.1) is 8.07 Å². The van der Waals surface area contributed by atoms with Gasteiger partial charge in [0.2, 0.25) is 0 Å². The Morgan fingerprint density at radius 3 is 1.76 bits per heavy atom. The summed E-state index contributed by atoms with van der Waals surface area (Å²) in [6.07, 6.45) is 2.08. The van der Waals surface area contributed by atoms with E-state index in [4.69, 9.17) is 0 Å². The van der Waals surface area contributed by atoms with Crippen LogP contribution in [0.4, 0.5) is 0 Å². The van der Waals surface area contributed by atoms with Gasteiger partial charge < -0.3 is 0 Å². The molecule has 0 spiro atoms. The van der Waals surface area contributed by atoms with Crippen LogP contribution in [0.2, 0.25) is 35.8 Å². The van der Waals surface area contributed by atoms with E-state index in [1.165, 1.54) is 16.4 Å². The Kier molecular flexibility index (Phi) is 8.06. The summed E-state index contributed by atoms with van der Waals surface area (Å²) in [6, 6.07) is 22.3. The first-order valence-corrected chi connectivity index (χ1v) is 18.3. The molecule has 3 rings (SSSR count). The van der Waals surface area contributed by atoms with Gasteiger partial charge in [-0.05, 0) is 24.3 Å². The Hall–Kier alpha value is -1.72. The van der Waals surface area contributed by atoms with Gasteiger partial charge >= 0.3 is 0 Å². The summed E-state index contributed by atoms with van der Waals surface area (Å²) in [6.45, 7) is 19.7. The van der Waals surface area contributed by atoms with Crippen LogP contribution in [0.15, 0.2) is 71.4 Å². The van der Waals surface area contributed by atoms with Crippen LogP contribution in [0.1, 0.15) is 64.7 Å². The molecular formula is C30H44OSi2. The van der Waals surface area contributed by atoms with Gasteiger partial charge in [-0.2, -0.15) is 0 Å². The molecule has 3 heteroatoms. The summed E-state index contributed by atoms with van der Waals surface area (Å²) in [4.78, 5) is 13.8. The van der Waals surface area contributed by atoms with Gasteiger partial charge in [0, 0.05) is 5.56 Å². The Bertz CT molecular complexity index is 949. The lowest BCUT2D eigenvalue weighted by Crippen LogP contribution is -2.46. The van der Waals surface area contributed by atoms with E-state index in [2.05, 4.69) is 85.0 Å². The molecule has 1 nitrogen and oxygen atoms in total. The molecule has 0 N–H and O–H groups in total. The van der Waals surface area contributed by atoms with E-state index in [0.29, 0.717) is 5.92 Å². The second-order valence-electron chi connectivity index (χ2n) is 11.7. The van der Waals surface area contributed by atoms with Crippen LogP contribution in [-0.4, -0.2) is 21.9 Å². The van der Waals surface area contributed by atoms with Crippen LogP contribution in [0.25, 0.3) is 0 Å². The third-order valence-corrected chi connectivity index (χ3v) is 20.3. The molecule has 0 heterocycles. The monoisotopic (exact) mass is 476 g/mol. The second kappa shape index (κ2) is 10.3. The Morgan fingerprint density at radius 2 is 1.27 bits per heavy atom. The smallest absolute Gasteiger partial charge is 0.188 e. The number of allylic oxidation sites excluding steroid dienone is 2. The van der Waals surface area contributed by atoms with Gasteiger partial charge in [0.25, 0.3) is 0 Å². The number of carbonyl (C=O) groups is 1. The van der Waals surface area contributed by atoms with E-state index in [0.717, 1.165) is 40.6 Å². The highest BCUT2D eigenvalue weighted by molar-refractivity contribution is 6.96. The Labute approximate surface area is 204 Å². The van der Waals surface area contributed by atoms with E-state index >= 15 is 0 Å². The fourth-order valence-corrected chi connectivity index (χ4v) is 16.7. The van der Waals surface area contributed by atoms with Crippen LogP contribution < -0.4 is 5.19 Å². The molecule has 1 unspecified atom stereocenters. The number of rotatable bonds is 9. The van der Waals surface area contributed by atoms with Gasteiger partial charge in [-0.3, -0.25) is 4.79 Å². The molecule has 2 aromatic rings. The van der Waals surface area contributed by atoms with Crippen molar-refractivity contribution in [2.75, 3.05) is 0 Å². The fraction of sp³-hybridized carbons (Fsp3) is 0.500. The number of benzene rings is 2. The third-order valence-electron chi connectivity index (χ3n) is 8.78. The maximum Gasteiger partial charge on any atom is 0.188 e. The number of hydrogen-bond donors (Lipinski definition) is 0. The minimum atomic E-state index is -1.93. The average molecular weight is 477 g/mol. The van der Waals surface area contributed by atoms with E-state index in [9.17, 15) is 4.79 Å². The zero-order valence-corrected chi connectivity index (χ0v) is 24.1. The molecule has 178 valence electrons. The summed E-state index contributed by atoms with van der Waals surface area (Å²) in [5.41, 5.74) is 4.27. The van der Waals surface area contributed by atoms with Crippen molar-refractivity contribution < 1.29 is 4.79 Å². The highest BCUT2D eigenvalue weighted by Crippen LogP contribution is 2.50. The SMILES string of the molecule is CC(C)[Si](CC1CC(C(=O)c2ccccc2)=C([Si](C)(C)c2ccccc2)C1)(C(C)C)C(C)C. The normalized spacial score (nSPS) is 17.5. The van der Waals surface area contributed by atoms with Crippen LogP contribution in [0, 0.1) is 5.92 Å². The van der Waals surface area contributed by atoms with Crippen molar-refractivity contribution in [3.8, 4) is 0 Å². The van der Waals surface area contributed by atoms with E-state index in [-0.39, 0.29) is 5.78 Å². The van der Waals surface area contributed by atoms with Crippen molar-refractivity contribution >= 4 is 27.1 Å². The summed E-state index contributed by atoms with van der Waals surface area (Å²) in [7, 11) is -3.46. The molecule has 33 heavy (non-hydrogen) atoms. The number of carbonyl (C=O) groups excluding carboxylic acids is 1. The van der Waals surface area contributed by atoms with Crippen molar-refractivity contribution in [1.29, 1.82) is 0 Å². The molecule has 0 saturated heterocycles. The maximum absolute atomic E-state index is 13.8. The molecule has 0 aliphatic heterocycles. The topological polar surface area (TPSA) is 17.1 Å². The first kappa shape index (κ1) is 25.9. The lowest BCUT2D eigenvalue weighted by Gasteiger charge is -2.45. The highest BCUT2D eigenvalue weighted by atomic mass is 28.3. The zero-order valence-electron chi connectivity index (χ0n) is 22.1. The third kappa shape index (κ3) is 5.05. The standard InChI is InChI=1S/C30H44OSi2/c1-22(2)33(23(3)4,24(5)6)21-25-19-28(30(31)26-15-11-9-12-16-26)29(20-25)32(7,8)27-17-13-10-14-18-27/h9-18,22-25H,19-21H2,1-8H3. The zero-order chi connectivity index (χ0) is 24.4. The van der Waals surface area contributed by atoms with Crippen molar-refractivity contribution in [2.24, 2.45) is 5.92 Å². The predicted molar refractivity (Wildman–Crippen MR) is 150 cm³/mol. The second-order valence-corrected chi connectivity index (χ2v) is 22.2. The van der Waals surface area contributed by atoms with E-state index in [1.54, 1.807) is 0 Å². The molecule has 2 aromatic carbocycles. The molecule has 1 atom stereocenters. The lowest BCUT2D eigenvalue weighted by molar-refractivity contribution is 0.103. The van der Waals surface area contributed by atoms with E-state index in [1.807, 2.05) is 30.3 Å². The van der Waals surface area contributed by atoms with Gasteiger partial charge in [0.1, 0.15) is 8.07 Å². The Balaban J connectivity index is 2.04. The van der Waals surface area contributed by atoms with Crippen LogP contribution in [0.3, 0.4) is 0 Å². The van der Waals surface area contributed by atoms with Crippen molar-refractivity contribution in [2.45, 2.75) is 90.1 Å². The molecule has 0 aromatic heterocycles. The molecule has 0 amide bonds. The van der Waals surface area contributed by atoms with E-state index < -0.39 is 16.1 Å². The molecule has 0 radical (unpaired) electrons. The summed E-state index contributed by atoms with van der Waals surface area (Å²) in [5.74, 6) is 0.882. The summed E-state index contributed by atoms with van der Waals surface area (Å²) in [5, 5.41) is 2.95. The quantitative estimate of drug-likeness (QED) is 0.262. The first-order valence-electron chi connectivity index (χ1n) is 12.9. The fourth-order valence-electron chi connectivity index (χ4n) is 6.90. The number of Topliss-reactive ketones (excluding diaryl/α,β-unsaturated/α-hetero) is 1. The molecule has 1 aliphatic rings. The highest BCUT2D eigenvalue weighted by Gasteiger charge is 2.47. The minimum Gasteiger partial charge on any atom is -0.289 e. The van der Waals surface area contributed by atoms with Gasteiger partial charge in [-0.25, -0.2) is 0 Å². The van der Waals surface area contributed by atoms with Crippen LogP contribution in [0.5, 0.6) is 0 Å². The molecule has 1 aliphatic carbocycles. The average Bonchev–Trinajstić information content (AvgIpc) is 3.22. The van der Waals surface area contributed by atoms with Crippen molar-refractivity contribution in [3.05, 3.63) is 77.0 Å². The molecular weight excluding hydrogens is 433 g/mol. The van der Waals surface area contributed by atoms with Crippen LogP contribution >= 0.6 is 0 Å². The number of ketones is 1.